The zero-order chi connectivity index (χ0) is 25.9. The summed E-state index contributed by atoms with van der Waals surface area (Å²) in [4.78, 5) is 32.3. The van der Waals surface area contributed by atoms with Gasteiger partial charge in [0.1, 0.15) is 10.6 Å². The lowest BCUT2D eigenvalue weighted by Gasteiger charge is -2.35. The third-order valence-corrected chi connectivity index (χ3v) is 9.97. The van der Waals surface area contributed by atoms with E-state index in [1.54, 1.807) is 11.3 Å². The summed E-state index contributed by atoms with van der Waals surface area (Å²) in [7, 11) is -3.79. The summed E-state index contributed by atoms with van der Waals surface area (Å²) in [6, 6.07) is 7.58. The smallest absolute Gasteiger partial charge is 0.270 e. The highest BCUT2D eigenvalue weighted by Gasteiger charge is 2.44. The summed E-state index contributed by atoms with van der Waals surface area (Å²) in [5.74, 6) is -1.46. The van der Waals surface area contributed by atoms with E-state index in [1.807, 2.05) is 44.3 Å². The Morgan fingerprint density at radius 1 is 1.17 bits per heavy atom. The first-order valence-electron chi connectivity index (χ1n) is 12.8. The van der Waals surface area contributed by atoms with E-state index in [0.29, 0.717) is 24.8 Å². The number of nitrogens with zero attached hydrogens (tertiary/aromatic N) is 1. The van der Waals surface area contributed by atoms with Crippen LogP contribution in [0.5, 0.6) is 0 Å². The predicted octanol–water partition coefficient (Wildman–Crippen LogP) is 4.76. The van der Waals surface area contributed by atoms with E-state index in [-0.39, 0.29) is 5.57 Å². The Bertz CT molecular complexity index is 1260. The SMILES string of the molecule is CCCCCCCc1cnc([C@]2(C)CC(c3ccc(C)cc3)=C(C(=O)NS(=O)(=O)C3CC3)C(=O)N2)s1. The second-order valence-electron chi connectivity index (χ2n) is 10.2. The highest BCUT2D eigenvalue weighted by atomic mass is 32.2. The van der Waals surface area contributed by atoms with Crippen molar-refractivity contribution in [3.8, 4) is 0 Å². The highest BCUT2D eigenvalue weighted by Crippen LogP contribution is 2.40. The number of carbonyl (C=O) groups is 2. The number of nitrogens with one attached hydrogen (secondary N) is 2. The number of aryl methyl sites for hydroxylation is 2. The Hall–Kier alpha value is -2.52. The number of hydrogen-bond donors (Lipinski definition) is 2. The molecular weight excluding hydrogens is 494 g/mol. The molecule has 2 aromatic rings. The first kappa shape index (κ1) is 26.5. The van der Waals surface area contributed by atoms with Crippen molar-refractivity contribution in [1.82, 2.24) is 15.0 Å². The van der Waals surface area contributed by atoms with Crippen LogP contribution in [0.15, 0.2) is 36.0 Å². The van der Waals surface area contributed by atoms with Crippen LogP contribution >= 0.6 is 11.3 Å². The molecule has 2 N–H and O–H groups in total. The lowest BCUT2D eigenvalue weighted by atomic mass is 9.82. The van der Waals surface area contributed by atoms with Crippen molar-refractivity contribution < 1.29 is 18.0 Å². The molecule has 194 valence electrons. The number of hydrogen-bond acceptors (Lipinski definition) is 6. The summed E-state index contributed by atoms with van der Waals surface area (Å²) in [5.41, 5.74) is 1.35. The molecule has 1 aromatic carbocycles. The normalized spacial score (nSPS) is 20.4. The molecule has 7 nitrogen and oxygen atoms in total. The molecule has 2 heterocycles. The predicted molar refractivity (Wildman–Crippen MR) is 143 cm³/mol. The van der Waals surface area contributed by atoms with Crippen molar-refractivity contribution in [3.05, 3.63) is 57.0 Å². The summed E-state index contributed by atoms with van der Waals surface area (Å²) < 4.78 is 27.0. The number of rotatable bonds is 11. The van der Waals surface area contributed by atoms with E-state index in [0.717, 1.165) is 29.0 Å². The molecule has 0 radical (unpaired) electrons. The summed E-state index contributed by atoms with van der Waals surface area (Å²) >= 11 is 1.59. The third-order valence-electron chi connectivity index (χ3n) is 6.83. The molecular formula is C27H35N3O4S2. The lowest BCUT2D eigenvalue weighted by Crippen LogP contribution is -2.50. The maximum atomic E-state index is 13.4. The molecule has 1 aliphatic carbocycles. The van der Waals surface area contributed by atoms with Crippen molar-refractivity contribution in [2.45, 2.75) is 89.3 Å². The monoisotopic (exact) mass is 529 g/mol. The van der Waals surface area contributed by atoms with Crippen LogP contribution in [0.2, 0.25) is 0 Å². The summed E-state index contributed by atoms with van der Waals surface area (Å²) in [5, 5.41) is 3.20. The molecule has 1 saturated carbocycles. The number of sulfonamides is 1. The van der Waals surface area contributed by atoms with Crippen LogP contribution in [0.1, 0.15) is 86.2 Å². The molecule has 4 rings (SSSR count). The second-order valence-corrected chi connectivity index (χ2v) is 13.2. The van der Waals surface area contributed by atoms with E-state index < -0.39 is 32.6 Å². The number of carbonyl (C=O) groups excluding carboxylic acids is 2. The largest absolute Gasteiger partial charge is 0.340 e. The maximum Gasteiger partial charge on any atom is 0.270 e. The Morgan fingerprint density at radius 2 is 1.86 bits per heavy atom. The molecule has 0 unspecified atom stereocenters. The van der Waals surface area contributed by atoms with Crippen LogP contribution in [0, 0.1) is 6.92 Å². The molecule has 36 heavy (non-hydrogen) atoms. The maximum absolute atomic E-state index is 13.4. The van der Waals surface area contributed by atoms with E-state index in [2.05, 4.69) is 21.9 Å². The average molecular weight is 530 g/mol. The van der Waals surface area contributed by atoms with Gasteiger partial charge in [-0.1, -0.05) is 62.4 Å². The Labute approximate surface area is 217 Å². The minimum absolute atomic E-state index is 0.145. The average Bonchev–Trinajstić information content (AvgIpc) is 3.58. The minimum atomic E-state index is -3.79. The fourth-order valence-electron chi connectivity index (χ4n) is 4.53. The first-order valence-corrected chi connectivity index (χ1v) is 15.1. The van der Waals surface area contributed by atoms with Crippen molar-refractivity contribution in [1.29, 1.82) is 0 Å². The van der Waals surface area contributed by atoms with E-state index in [9.17, 15) is 18.0 Å². The number of unbranched alkanes of at least 4 members (excludes halogenated alkanes) is 4. The van der Waals surface area contributed by atoms with Crippen LogP contribution in [0.25, 0.3) is 5.57 Å². The fourth-order valence-corrected chi connectivity index (χ4v) is 6.87. The molecule has 1 aromatic heterocycles. The van der Waals surface area contributed by atoms with Crippen LogP contribution < -0.4 is 10.0 Å². The minimum Gasteiger partial charge on any atom is -0.340 e. The number of amides is 2. The number of aromatic nitrogens is 1. The first-order chi connectivity index (χ1) is 17.1. The van der Waals surface area contributed by atoms with Gasteiger partial charge in [-0.3, -0.25) is 9.59 Å². The van der Waals surface area contributed by atoms with Gasteiger partial charge in [0.05, 0.1) is 10.8 Å². The molecule has 1 fully saturated rings. The number of thiazole rings is 1. The topological polar surface area (TPSA) is 105 Å². The van der Waals surface area contributed by atoms with Gasteiger partial charge in [-0.15, -0.1) is 11.3 Å². The summed E-state index contributed by atoms with van der Waals surface area (Å²) in [6.07, 6.45) is 10.2. The quantitative estimate of drug-likeness (QED) is 0.322. The van der Waals surface area contributed by atoms with Crippen LogP contribution in [-0.2, 0) is 31.6 Å². The van der Waals surface area contributed by atoms with Gasteiger partial charge < -0.3 is 5.32 Å². The standard InChI is InChI=1S/C27H35N3O4S2/c1-4-5-6-7-8-9-20-17-28-26(35-20)27(3)16-22(19-12-10-18(2)11-13-19)23(24(31)29-27)25(32)30-36(33,34)21-14-15-21/h10-13,17,21H,4-9,14-16H2,1-3H3,(H,29,31)(H,30,32)/t27-/m0/s1. The third kappa shape index (κ3) is 6.06. The van der Waals surface area contributed by atoms with E-state index in [1.165, 1.54) is 30.6 Å². The second kappa shape index (κ2) is 10.8. The molecule has 0 spiro atoms. The van der Waals surface area contributed by atoms with Gasteiger partial charge in [0.25, 0.3) is 11.8 Å². The van der Waals surface area contributed by atoms with Gasteiger partial charge in [-0.05, 0) is 50.7 Å². The molecule has 1 aliphatic heterocycles. The molecule has 1 atom stereocenters. The van der Waals surface area contributed by atoms with Gasteiger partial charge >= 0.3 is 0 Å². The van der Waals surface area contributed by atoms with Gasteiger partial charge in [-0.2, -0.15) is 0 Å². The van der Waals surface area contributed by atoms with Gasteiger partial charge in [0.15, 0.2) is 0 Å². The number of benzene rings is 1. The molecule has 9 heteroatoms. The van der Waals surface area contributed by atoms with Crippen molar-refractivity contribution in [2.75, 3.05) is 0 Å². The van der Waals surface area contributed by atoms with Gasteiger partial charge in [0.2, 0.25) is 10.0 Å². The summed E-state index contributed by atoms with van der Waals surface area (Å²) in [6.45, 7) is 6.08. The van der Waals surface area contributed by atoms with E-state index in [4.69, 9.17) is 0 Å². The lowest BCUT2D eigenvalue weighted by molar-refractivity contribution is -0.124. The van der Waals surface area contributed by atoms with Crippen LogP contribution in [0.4, 0.5) is 0 Å². The van der Waals surface area contributed by atoms with Crippen molar-refractivity contribution in [3.63, 3.8) is 0 Å². The Morgan fingerprint density at radius 3 is 2.53 bits per heavy atom. The Kier molecular flexibility index (Phi) is 7.99. The molecule has 2 aliphatic rings. The Balaban J connectivity index is 1.62. The van der Waals surface area contributed by atoms with Crippen molar-refractivity contribution in [2.24, 2.45) is 0 Å². The van der Waals surface area contributed by atoms with Crippen LogP contribution in [-0.4, -0.2) is 30.5 Å². The zero-order valence-electron chi connectivity index (χ0n) is 21.2. The zero-order valence-corrected chi connectivity index (χ0v) is 22.9. The molecule has 2 amide bonds. The van der Waals surface area contributed by atoms with Crippen molar-refractivity contribution >= 4 is 38.7 Å². The molecule has 0 saturated heterocycles. The molecule has 0 bridgehead atoms. The van der Waals surface area contributed by atoms with Gasteiger partial charge in [-0.25, -0.2) is 18.1 Å². The highest BCUT2D eigenvalue weighted by molar-refractivity contribution is 7.91. The van der Waals surface area contributed by atoms with Crippen LogP contribution in [0.3, 0.4) is 0 Å². The van der Waals surface area contributed by atoms with Gasteiger partial charge in [0, 0.05) is 17.5 Å². The fraction of sp³-hybridized carbons (Fsp3) is 0.519. The van der Waals surface area contributed by atoms with E-state index >= 15 is 0 Å².